The zero-order chi connectivity index (χ0) is 20.1. The van der Waals surface area contributed by atoms with Crippen LogP contribution in [0.3, 0.4) is 0 Å². The fraction of sp³-hybridized carbons (Fsp3) is 0.174. The second-order valence-corrected chi connectivity index (χ2v) is 8.62. The van der Waals surface area contributed by atoms with Crippen molar-refractivity contribution in [3.63, 3.8) is 0 Å². The molecule has 0 amide bonds. The van der Waals surface area contributed by atoms with Crippen LogP contribution < -0.4 is 0 Å². The van der Waals surface area contributed by atoms with E-state index in [9.17, 15) is 8.42 Å². The van der Waals surface area contributed by atoms with Gasteiger partial charge in [-0.05, 0) is 66.3 Å². The molecule has 3 aromatic rings. The monoisotopic (exact) mass is 391 g/mol. The Morgan fingerprint density at radius 1 is 0.929 bits per heavy atom. The van der Waals surface area contributed by atoms with Gasteiger partial charge in [-0.2, -0.15) is 0 Å². The molecule has 0 bridgehead atoms. The molecule has 0 aliphatic carbocycles. The van der Waals surface area contributed by atoms with Gasteiger partial charge in [-0.3, -0.25) is 0 Å². The van der Waals surface area contributed by atoms with Gasteiger partial charge in [0, 0.05) is 11.8 Å². The largest absolute Gasteiger partial charge is 0.395 e. The molecule has 28 heavy (non-hydrogen) atoms. The first-order valence-electron chi connectivity index (χ1n) is 8.89. The van der Waals surface area contributed by atoms with E-state index in [0.29, 0.717) is 0 Å². The molecule has 1 N–H and O–H groups in total. The van der Waals surface area contributed by atoms with Crippen LogP contribution >= 0.6 is 0 Å². The van der Waals surface area contributed by atoms with E-state index in [-0.39, 0.29) is 17.3 Å². The summed E-state index contributed by atoms with van der Waals surface area (Å²) in [5.74, 6) is 6.05. The maximum absolute atomic E-state index is 12.0. The Balaban J connectivity index is 1.93. The van der Waals surface area contributed by atoms with Crippen LogP contribution in [0.2, 0.25) is 0 Å². The minimum atomic E-state index is -3.45. The normalized spacial score (nSPS) is 11.0. The van der Waals surface area contributed by atoms with Crippen molar-refractivity contribution >= 4 is 9.84 Å². The molecule has 5 heteroatoms. The molecule has 0 aliphatic heterocycles. The Kier molecular flexibility index (Phi) is 5.93. The SMILES string of the molecule is Cc1ccc(-c2ccc(S(=O)(=O)CCO)cc2)cc1C#Cc1ncccc1C. The smallest absolute Gasteiger partial charge is 0.180 e. The number of aromatic nitrogens is 1. The summed E-state index contributed by atoms with van der Waals surface area (Å²) >= 11 is 0. The summed E-state index contributed by atoms with van der Waals surface area (Å²) in [5.41, 5.74) is 5.61. The van der Waals surface area contributed by atoms with Crippen LogP contribution in [0, 0.1) is 25.7 Å². The fourth-order valence-corrected chi connectivity index (χ4v) is 3.80. The first-order chi connectivity index (χ1) is 13.4. The molecular weight excluding hydrogens is 370 g/mol. The summed E-state index contributed by atoms with van der Waals surface area (Å²) < 4.78 is 24.1. The lowest BCUT2D eigenvalue weighted by Gasteiger charge is -2.07. The number of hydrogen-bond acceptors (Lipinski definition) is 4. The number of aliphatic hydroxyl groups excluding tert-OH is 1. The van der Waals surface area contributed by atoms with Gasteiger partial charge in [0.25, 0.3) is 0 Å². The van der Waals surface area contributed by atoms with E-state index in [0.717, 1.165) is 33.5 Å². The molecule has 0 unspecified atom stereocenters. The Hall–Kier alpha value is -2.94. The third-order valence-corrected chi connectivity index (χ3v) is 6.18. The number of benzene rings is 2. The van der Waals surface area contributed by atoms with Crippen molar-refractivity contribution in [1.29, 1.82) is 0 Å². The lowest BCUT2D eigenvalue weighted by atomic mass is 10.00. The Morgan fingerprint density at radius 2 is 1.64 bits per heavy atom. The molecule has 0 saturated heterocycles. The van der Waals surface area contributed by atoms with Crippen LogP contribution in [0.5, 0.6) is 0 Å². The van der Waals surface area contributed by atoms with Gasteiger partial charge in [0.1, 0.15) is 5.69 Å². The highest BCUT2D eigenvalue weighted by Gasteiger charge is 2.13. The Labute approximate surface area is 165 Å². The van der Waals surface area contributed by atoms with Gasteiger partial charge in [0.15, 0.2) is 9.84 Å². The third kappa shape index (κ3) is 4.48. The highest BCUT2D eigenvalue weighted by atomic mass is 32.2. The summed E-state index contributed by atoms with van der Waals surface area (Å²) in [6.45, 7) is 3.59. The molecule has 0 saturated carbocycles. The summed E-state index contributed by atoms with van der Waals surface area (Å²) in [5, 5.41) is 8.91. The van der Waals surface area contributed by atoms with Crippen molar-refractivity contribution < 1.29 is 13.5 Å². The predicted octanol–water partition coefficient (Wildman–Crippen LogP) is 3.53. The van der Waals surface area contributed by atoms with E-state index >= 15 is 0 Å². The van der Waals surface area contributed by atoms with E-state index in [1.54, 1.807) is 30.5 Å². The zero-order valence-corrected chi connectivity index (χ0v) is 16.6. The molecule has 0 radical (unpaired) electrons. The average Bonchev–Trinajstić information content (AvgIpc) is 2.68. The molecule has 0 atom stereocenters. The van der Waals surface area contributed by atoms with Gasteiger partial charge < -0.3 is 5.11 Å². The lowest BCUT2D eigenvalue weighted by Crippen LogP contribution is -2.09. The van der Waals surface area contributed by atoms with Gasteiger partial charge in [-0.15, -0.1) is 0 Å². The molecule has 0 fully saturated rings. The van der Waals surface area contributed by atoms with E-state index in [1.807, 2.05) is 44.2 Å². The molecule has 0 spiro atoms. The van der Waals surface area contributed by atoms with Crippen molar-refractivity contribution in [2.45, 2.75) is 18.7 Å². The summed E-state index contributed by atoms with van der Waals surface area (Å²) in [4.78, 5) is 4.51. The number of aryl methyl sites for hydroxylation is 2. The molecule has 3 rings (SSSR count). The molecule has 4 nitrogen and oxygen atoms in total. The minimum absolute atomic E-state index is 0.211. The van der Waals surface area contributed by atoms with Crippen LogP contribution in [-0.4, -0.2) is 30.9 Å². The van der Waals surface area contributed by atoms with Crippen molar-refractivity contribution in [2.75, 3.05) is 12.4 Å². The van der Waals surface area contributed by atoms with Gasteiger partial charge >= 0.3 is 0 Å². The van der Waals surface area contributed by atoms with Crippen LogP contribution in [0.15, 0.2) is 65.7 Å². The van der Waals surface area contributed by atoms with Crippen molar-refractivity contribution in [2.24, 2.45) is 0 Å². The average molecular weight is 391 g/mol. The van der Waals surface area contributed by atoms with Crippen molar-refractivity contribution in [1.82, 2.24) is 4.98 Å². The second-order valence-electron chi connectivity index (χ2n) is 6.52. The zero-order valence-electron chi connectivity index (χ0n) is 15.8. The van der Waals surface area contributed by atoms with Crippen LogP contribution in [0.1, 0.15) is 22.4 Å². The molecule has 142 valence electrons. The van der Waals surface area contributed by atoms with E-state index in [4.69, 9.17) is 5.11 Å². The molecule has 1 aromatic heterocycles. The maximum Gasteiger partial charge on any atom is 0.180 e. The molecule has 2 aromatic carbocycles. The lowest BCUT2D eigenvalue weighted by molar-refractivity contribution is 0.319. The number of pyridine rings is 1. The van der Waals surface area contributed by atoms with E-state index in [1.165, 1.54) is 0 Å². The number of sulfone groups is 1. The predicted molar refractivity (Wildman–Crippen MR) is 111 cm³/mol. The highest BCUT2D eigenvalue weighted by molar-refractivity contribution is 7.91. The quantitative estimate of drug-likeness (QED) is 0.691. The van der Waals surface area contributed by atoms with Gasteiger partial charge in [-0.1, -0.05) is 36.3 Å². The number of aliphatic hydroxyl groups is 1. The van der Waals surface area contributed by atoms with Gasteiger partial charge in [0.05, 0.1) is 17.3 Å². The number of rotatable bonds is 4. The fourth-order valence-electron chi connectivity index (χ4n) is 2.77. The summed E-state index contributed by atoms with van der Waals surface area (Å²) in [7, 11) is -3.45. The first-order valence-corrected chi connectivity index (χ1v) is 10.5. The summed E-state index contributed by atoms with van der Waals surface area (Å²) in [6, 6.07) is 16.5. The van der Waals surface area contributed by atoms with Crippen molar-refractivity contribution in [3.8, 4) is 23.0 Å². The van der Waals surface area contributed by atoms with E-state index < -0.39 is 9.84 Å². The standard InChI is InChI=1S/C23H21NO3S/c1-17-5-6-21(16-20(17)9-12-23-18(2)4-3-13-24-23)19-7-10-22(11-8-19)28(26,27)15-14-25/h3-8,10-11,13,16,25H,14-15H2,1-2H3. The second kappa shape index (κ2) is 8.39. The number of nitrogens with zero attached hydrogens (tertiary/aromatic N) is 1. The van der Waals surface area contributed by atoms with Crippen LogP contribution in [0.4, 0.5) is 0 Å². The molecular formula is C23H21NO3S. The first kappa shape index (κ1) is 19.8. The number of hydrogen-bond donors (Lipinski definition) is 1. The molecule has 0 aliphatic rings. The third-order valence-electron chi connectivity index (χ3n) is 4.47. The Morgan fingerprint density at radius 3 is 2.32 bits per heavy atom. The highest BCUT2D eigenvalue weighted by Crippen LogP contribution is 2.24. The van der Waals surface area contributed by atoms with Crippen LogP contribution in [-0.2, 0) is 9.84 Å². The Bertz CT molecular complexity index is 1150. The summed E-state index contributed by atoms with van der Waals surface area (Å²) in [6.07, 6.45) is 1.73. The van der Waals surface area contributed by atoms with Crippen LogP contribution in [0.25, 0.3) is 11.1 Å². The van der Waals surface area contributed by atoms with Gasteiger partial charge in [0.2, 0.25) is 0 Å². The topological polar surface area (TPSA) is 67.3 Å². The molecule has 1 heterocycles. The minimum Gasteiger partial charge on any atom is -0.395 e. The van der Waals surface area contributed by atoms with Crippen molar-refractivity contribution in [3.05, 3.63) is 83.2 Å². The van der Waals surface area contributed by atoms with E-state index in [2.05, 4.69) is 16.8 Å². The maximum atomic E-state index is 12.0. The van der Waals surface area contributed by atoms with Gasteiger partial charge in [-0.25, -0.2) is 13.4 Å².